The largest absolute Gasteiger partial charge is 0.382 e. The van der Waals surface area contributed by atoms with E-state index in [0.717, 1.165) is 5.69 Å². The van der Waals surface area contributed by atoms with Gasteiger partial charge in [0, 0.05) is 17.5 Å². The highest BCUT2D eigenvalue weighted by Crippen LogP contribution is 2.20. The molecule has 15 heavy (non-hydrogen) atoms. The van der Waals surface area contributed by atoms with Crippen molar-refractivity contribution in [3.63, 3.8) is 0 Å². The number of hydrogen-bond acceptors (Lipinski definition) is 3. The second-order valence-corrected chi connectivity index (χ2v) is 3.76. The zero-order valence-corrected chi connectivity index (χ0v) is 9.45. The Kier molecular flexibility index (Phi) is 3.58. The molecule has 1 N–H and O–H groups in total. The van der Waals surface area contributed by atoms with Gasteiger partial charge in [0.1, 0.15) is 5.60 Å². The highest BCUT2D eigenvalue weighted by molar-refractivity contribution is 6.01. The van der Waals surface area contributed by atoms with Gasteiger partial charge >= 0.3 is 0 Å². The minimum absolute atomic E-state index is 0.236. The lowest BCUT2D eigenvalue weighted by Crippen LogP contribution is -2.37. The van der Waals surface area contributed by atoms with E-state index in [0.29, 0.717) is 18.4 Å². The molecule has 0 amide bonds. The molecule has 0 aliphatic heterocycles. The molecule has 82 valence electrons. The zero-order valence-electron chi connectivity index (χ0n) is 9.45. The molecule has 1 aromatic rings. The first kappa shape index (κ1) is 11.9. The van der Waals surface area contributed by atoms with Crippen LogP contribution in [0.2, 0.25) is 0 Å². The molecule has 3 heteroatoms. The average Bonchev–Trinajstić information content (AvgIpc) is 2.28. The Morgan fingerprint density at radius 3 is 2.40 bits per heavy atom. The SMILES string of the molecule is CCC(O)(CC)C(=O)c1ccc(C)nc1. The van der Waals surface area contributed by atoms with E-state index in [1.54, 1.807) is 12.1 Å². The predicted molar refractivity (Wildman–Crippen MR) is 58.8 cm³/mol. The van der Waals surface area contributed by atoms with Gasteiger partial charge in [-0.05, 0) is 31.9 Å². The number of aromatic nitrogens is 1. The summed E-state index contributed by atoms with van der Waals surface area (Å²) in [7, 11) is 0. The van der Waals surface area contributed by atoms with Crippen molar-refractivity contribution in [3.8, 4) is 0 Å². The van der Waals surface area contributed by atoms with Crippen LogP contribution >= 0.6 is 0 Å². The van der Waals surface area contributed by atoms with Crippen molar-refractivity contribution in [1.29, 1.82) is 0 Å². The van der Waals surface area contributed by atoms with Crippen molar-refractivity contribution < 1.29 is 9.90 Å². The second kappa shape index (κ2) is 4.53. The number of rotatable bonds is 4. The number of pyridine rings is 1. The first-order valence-electron chi connectivity index (χ1n) is 5.23. The Morgan fingerprint density at radius 2 is 2.00 bits per heavy atom. The standard InChI is InChI=1S/C12H17NO2/c1-4-12(15,5-2)11(14)10-7-6-9(3)13-8-10/h6-8,15H,4-5H2,1-3H3. The van der Waals surface area contributed by atoms with Gasteiger partial charge in [0.25, 0.3) is 0 Å². The molecule has 0 bridgehead atoms. The van der Waals surface area contributed by atoms with Crippen molar-refractivity contribution >= 4 is 5.78 Å². The number of Topliss-reactive ketones (excluding diaryl/α,β-unsaturated/α-hetero) is 1. The van der Waals surface area contributed by atoms with Crippen LogP contribution < -0.4 is 0 Å². The molecule has 0 spiro atoms. The number of carbonyl (C=O) groups is 1. The third-order valence-corrected chi connectivity index (χ3v) is 2.77. The molecule has 1 rings (SSSR count). The molecule has 1 heterocycles. The van der Waals surface area contributed by atoms with Crippen LogP contribution in [-0.4, -0.2) is 21.5 Å². The Morgan fingerprint density at radius 1 is 1.40 bits per heavy atom. The van der Waals surface area contributed by atoms with Crippen molar-refractivity contribution in [3.05, 3.63) is 29.6 Å². The third kappa shape index (κ3) is 2.42. The van der Waals surface area contributed by atoms with E-state index in [4.69, 9.17) is 0 Å². The van der Waals surface area contributed by atoms with Crippen LogP contribution in [0, 0.1) is 6.92 Å². The average molecular weight is 207 g/mol. The fraction of sp³-hybridized carbons (Fsp3) is 0.500. The number of ketones is 1. The van der Waals surface area contributed by atoms with E-state index in [1.807, 2.05) is 20.8 Å². The molecular weight excluding hydrogens is 190 g/mol. The first-order chi connectivity index (χ1) is 7.03. The molecule has 0 fully saturated rings. The van der Waals surface area contributed by atoms with Crippen molar-refractivity contribution in [2.45, 2.75) is 39.2 Å². The second-order valence-electron chi connectivity index (χ2n) is 3.76. The van der Waals surface area contributed by atoms with Crippen molar-refractivity contribution in [2.24, 2.45) is 0 Å². The summed E-state index contributed by atoms with van der Waals surface area (Å²) in [5, 5.41) is 10.0. The monoisotopic (exact) mass is 207 g/mol. The van der Waals surface area contributed by atoms with E-state index in [1.165, 1.54) is 6.20 Å². The van der Waals surface area contributed by atoms with Gasteiger partial charge in [-0.3, -0.25) is 9.78 Å². The predicted octanol–water partition coefficient (Wildman–Crippen LogP) is 2.12. The molecule has 0 saturated heterocycles. The van der Waals surface area contributed by atoms with Gasteiger partial charge in [-0.15, -0.1) is 0 Å². The van der Waals surface area contributed by atoms with Gasteiger partial charge < -0.3 is 5.11 Å². The summed E-state index contributed by atoms with van der Waals surface area (Å²) in [6.07, 6.45) is 2.38. The summed E-state index contributed by atoms with van der Waals surface area (Å²) < 4.78 is 0. The fourth-order valence-corrected chi connectivity index (χ4v) is 1.44. The van der Waals surface area contributed by atoms with E-state index in [9.17, 15) is 9.90 Å². The van der Waals surface area contributed by atoms with Gasteiger partial charge in [-0.2, -0.15) is 0 Å². The lowest BCUT2D eigenvalue weighted by molar-refractivity contribution is 0.0277. The number of carbonyl (C=O) groups excluding carboxylic acids is 1. The summed E-state index contributed by atoms with van der Waals surface area (Å²) in [6.45, 7) is 5.48. The summed E-state index contributed by atoms with van der Waals surface area (Å²) in [5.41, 5.74) is 0.103. The van der Waals surface area contributed by atoms with Gasteiger partial charge in [-0.1, -0.05) is 13.8 Å². The number of aryl methyl sites for hydroxylation is 1. The van der Waals surface area contributed by atoms with Crippen LogP contribution in [0.25, 0.3) is 0 Å². The molecule has 3 nitrogen and oxygen atoms in total. The lowest BCUT2D eigenvalue weighted by atomic mass is 9.89. The molecule has 0 saturated carbocycles. The van der Waals surface area contributed by atoms with Crippen LogP contribution in [0.3, 0.4) is 0 Å². The van der Waals surface area contributed by atoms with Crippen LogP contribution in [-0.2, 0) is 0 Å². The maximum atomic E-state index is 12.0. The van der Waals surface area contributed by atoms with Crippen molar-refractivity contribution in [1.82, 2.24) is 4.98 Å². The van der Waals surface area contributed by atoms with Crippen LogP contribution in [0.4, 0.5) is 0 Å². The highest BCUT2D eigenvalue weighted by atomic mass is 16.3. The topological polar surface area (TPSA) is 50.2 Å². The van der Waals surface area contributed by atoms with Crippen LogP contribution in [0.5, 0.6) is 0 Å². The first-order valence-corrected chi connectivity index (χ1v) is 5.23. The van der Waals surface area contributed by atoms with Crippen molar-refractivity contribution in [2.75, 3.05) is 0 Å². The molecule has 0 aromatic carbocycles. The molecule has 0 aliphatic carbocycles. The summed E-state index contributed by atoms with van der Waals surface area (Å²) in [5.74, 6) is -0.236. The smallest absolute Gasteiger partial charge is 0.195 e. The third-order valence-electron chi connectivity index (χ3n) is 2.77. The number of nitrogens with zero attached hydrogens (tertiary/aromatic N) is 1. The summed E-state index contributed by atoms with van der Waals surface area (Å²) in [4.78, 5) is 16.0. The summed E-state index contributed by atoms with van der Waals surface area (Å²) in [6, 6.07) is 3.49. The Hall–Kier alpha value is -1.22. The lowest BCUT2D eigenvalue weighted by Gasteiger charge is -2.23. The minimum Gasteiger partial charge on any atom is -0.382 e. The highest BCUT2D eigenvalue weighted by Gasteiger charge is 2.32. The van der Waals surface area contributed by atoms with E-state index in [2.05, 4.69) is 4.98 Å². The maximum Gasteiger partial charge on any atom is 0.195 e. The molecule has 0 unspecified atom stereocenters. The van der Waals surface area contributed by atoms with Crippen LogP contribution in [0.1, 0.15) is 42.7 Å². The minimum atomic E-state index is -1.24. The number of aliphatic hydroxyl groups is 1. The summed E-state index contributed by atoms with van der Waals surface area (Å²) >= 11 is 0. The van der Waals surface area contributed by atoms with E-state index in [-0.39, 0.29) is 5.78 Å². The molecule has 0 aliphatic rings. The number of hydrogen-bond donors (Lipinski definition) is 1. The fourth-order valence-electron chi connectivity index (χ4n) is 1.44. The molecule has 0 atom stereocenters. The Labute approximate surface area is 90.2 Å². The van der Waals surface area contributed by atoms with E-state index >= 15 is 0 Å². The Balaban J connectivity index is 2.98. The zero-order chi connectivity index (χ0) is 11.5. The van der Waals surface area contributed by atoms with Gasteiger partial charge in [0.15, 0.2) is 5.78 Å². The van der Waals surface area contributed by atoms with Gasteiger partial charge in [-0.25, -0.2) is 0 Å². The van der Waals surface area contributed by atoms with Crippen LogP contribution in [0.15, 0.2) is 18.3 Å². The molecule has 1 aromatic heterocycles. The molecule has 0 radical (unpaired) electrons. The molecular formula is C12H17NO2. The van der Waals surface area contributed by atoms with Gasteiger partial charge in [0.2, 0.25) is 0 Å². The van der Waals surface area contributed by atoms with E-state index < -0.39 is 5.60 Å². The van der Waals surface area contributed by atoms with Gasteiger partial charge in [0.05, 0.1) is 0 Å². The Bertz CT molecular complexity index is 339. The maximum absolute atomic E-state index is 12.0. The quantitative estimate of drug-likeness (QED) is 0.769. The normalized spacial score (nSPS) is 11.5.